The van der Waals surface area contributed by atoms with Crippen LogP contribution in [-0.4, -0.2) is 52.9 Å². The molecular formula is C29H30F4N4O2. The van der Waals surface area contributed by atoms with Gasteiger partial charge < -0.3 is 20.3 Å². The number of benzene rings is 2. The predicted octanol–water partition coefficient (Wildman–Crippen LogP) is 5.77. The first-order valence-corrected chi connectivity index (χ1v) is 13.1. The van der Waals surface area contributed by atoms with Crippen LogP contribution in [0, 0.1) is 5.82 Å². The van der Waals surface area contributed by atoms with Crippen molar-refractivity contribution in [3.8, 4) is 16.9 Å². The highest BCUT2D eigenvalue weighted by Gasteiger charge is 2.34. The third kappa shape index (κ3) is 6.16. The minimum Gasteiger partial charge on any atom is -0.485 e. The molecule has 0 atom stereocenters. The molecule has 2 aromatic carbocycles. The van der Waals surface area contributed by atoms with Gasteiger partial charge in [0.1, 0.15) is 12.4 Å². The maximum absolute atomic E-state index is 13.9. The molecular weight excluding hydrogens is 512 g/mol. The number of ether oxygens (including phenoxy) is 1. The van der Waals surface area contributed by atoms with Crippen LogP contribution in [0.1, 0.15) is 47.2 Å². The van der Waals surface area contributed by atoms with Crippen molar-refractivity contribution in [2.45, 2.75) is 44.5 Å². The van der Waals surface area contributed by atoms with Crippen molar-refractivity contribution in [1.29, 1.82) is 0 Å². The van der Waals surface area contributed by atoms with Crippen molar-refractivity contribution in [2.75, 3.05) is 31.9 Å². The molecule has 0 aliphatic carbocycles. The van der Waals surface area contributed by atoms with Crippen LogP contribution >= 0.6 is 0 Å². The Hall–Kier alpha value is -3.66. The smallest absolute Gasteiger partial charge is 0.419 e. The number of nitrogen functional groups attached to an aromatic ring is 1. The number of carbonyl (C=O) groups excluding carboxylic acids is 1. The molecule has 3 aromatic rings. The standard InChI is InChI=1S/C29H30F4N4O2/c30-25-15-19(3-8-24(25)29(31,32)33)18-39-26-16-22(17-35-27(26)34)20-4-6-21(7-5-20)28(38)37-13-9-23(10-14-37)36-11-1-2-12-36/h3-8,15-17,23H,1-2,9-14,18H2,(H2,34,35). The van der Waals surface area contributed by atoms with Gasteiger partial charge in [-0.15, -0.1) is 0 Å². The number of carbonyl (C=O) groups is 1. The van der Waals surface area contributed by atoms with E-state index in [4.69, 9.17) is 10.5 Å². The summed E-state index contributed by atoms with van der Waals surface area (Å²) in [5.41, 5.74) is 6.90. The van der Waals surface area contributed by atoms with E-state index >= 15 is 0 Å². The molecule has 3 heterocycles. The number of alkyl halides is 3. The molecule has 0 unspecified atom stereocenters. The van der Waals surface area contributed by atoms with Crippen LogP contribution in [0.3, 0.4) is 0 Å². The summed E-state index contributed by atoms with van der Waals surface area (Å²) < 4.78 is 57.9. The normalized spacial score (nSPS) is 17.0. The number of anilines is 1. The predicted molar refractivity (Wildman–Crippen MR) is 140 cm³/mol. The lowest BCUT2D eigenvalue weighted by Crippen LogP contribution is -2.45. The van der Waals surface area contributed by atoms with E-state index in [-0.39, 0.29) is 29.6 Å². The van der Waals surface area contributed by atoms with Gasteiger partial charge in [0.15, 0.2) is 11.6 Å². The number of pyridine rings is 1. The van der Waals surface area contributed by atoms with Crippen molar-refractivity contribution in [1.82, 2.24) is 14.8 Å². The zero-order valence-electron chi connectivity index (χ0n) is 21.4. The summed E-state index contributed by atoms with van der Waals surface area (Å²) in [5, 5.41) is 0. The Bertz CT molecular complexity index is 1320. The number of aromatic nitrogens is 1. The SMILES string of the molecule is Nc1ncc(-c2ccc(C(=O)N3CCC(N4CCCC4)CC3)cc2)cc1OCc1ccc(C(F)(F)F)c(F)c1. The van der Waals surface area contributed by atoms with Crippen LogP contribution in [0.4, 0.5) is 23.4 Å². The van der Waals surface area contributed by atoms with Crippen LogP contribution in [0.2, 0.25) is 0 Å². The Morgan fingerprint density at radius 2 is 1.67 bits per heavy atom. The summed E-state index contributed by atoms with van der Waals surface area (Å²) in [7, 11) is 0. The number of nitrogens with zero attached hydrogens (tertiary/aromatic N) is 3. The topological polar surface area (TPSA) is 71.7 Å². The number of halogens is 4. The molecule has 206 valence electrons. The van der Waals surface area contributed by atoms with Crippen molar-refractivity contribution >= 4 is 11.7 Å². The van der Waals surface area contributed by atoms with Gasteiger partial charge in [0.2, 0.25) is 0 Å². The van der Waals surface area contributed by atoms with E-state index in [2.05, 4.69) is 9.88 Å². The third-order valence-electron chi connectivity index (χ3n) is 7.49. The zero-order chi connectivity index (χ0) is 27.6. The molecule has 0 bridgehead atoms. The van der Waals surface area contributed by atoms with Gasteiger partial charge in [-0.25, -0.2) is 9.37 Å². The minimum absolute atomic E-state index is 0.0182. The Kier molecular flexibility index (Phi) is 7.74. The summed E-state index contributed by atoms with van der Waals surface area (Å²) in [6.07, 6.45) is 1.34. The van der Waals surface area contributed by atoms with Gasteiger partial charge >= 0.3 is 6.18 Å². The minimum atomic E-state index is -4.77. The summed E-state index contributed by atoms with van der Waals surface area (Å²) >= 11 is 0. The molecule has 2 N–H and O–H groups in total. The van der Waals surface area contributed by atoms with Crippen LogP contribution < -0.4 is 10.5 Å². The van der Waals surface area contributed by atoms with E-state index in [1.807, 2.05) is 17.0 Å². The van der Waals surface area contributed by atoms with Gasteiger partial charge in [-0.2, -0.15) is 13.2 Å². The molecule has 5 rings (SSSR count). The highest BCUT2D eigenvalue weighted by atomic mass is 19.4. The third-order valence-corrected chi connectivity index (χ3v) is 7.49. The molecule has 10 heteroatoms. The van der Waals surface area contributed by atoms with Crippen LogP contribution in [0.25, 0.3) is 11.1 Å². The Labute approximate surface area is 224 Å². The Morgan fingerprint density at radius 3 is 2.31 bits per heavy atom. The first-order valence-electron chi connectivity index (χ1n) is 13.1. The van der Waals surface area contributed by atoms with Crippen molar-refractivity contribution in [3.63, 3.8) is 0 Å². The number of hydrogen-bond donors (Lipinski definition) is 1. The van der Waals surface area contributed by atoms with Gasteiger partial charge in [-0.3, -0.25) is 4.79 Å². The molecule has 2 aliphatic heterocycles. The fourth-order valence-corrected chi connectivity index (χ4v) is 5.30. The van der Waals surface area contributed by atoms with Crippen LogP contribution in [0.5, 0.6) is 5.75 Å². The fraction of sp³-hybridized carbons (Fsp3) is 0.379. The largest absolute Gasteiger partial charge is 0.485 e. The maximum atomic E-state index is 13.9. The summed E-state index contributed by atoms with van der Waals surface area (Å²) in [6, 6.07) is 12.1. The second-order valence-electron chi connectivity index (χ2n) is 10.1. The van der Waals surface area contributed by atoms with Crippen molar-refractivity contribution in [2.24, 2.45) is 0 Å². The van der Waals surface area contributed by atoms with Crippen molar-refractivity contribution < 1.29 is 27.1 Å². The van der Waals surface area contributed by atoms with Gasteiger partial charge in [-0.1, -0.05) is 18.2 Å². The first kappa shape index (κ1) is 26.9. The second-order valence-corrected chi connectivity index (χ2v) is 10.1. The molecule has 2 fully saturated rings. The number of amides is 1. The lowest BCUT2D eigenvalue weighted by atomic mass is 10.0. The molecule has 6 nitrogen and oxygen atoms in total. The van der Waals surface area contributed by atoms with Crippen molar-refractivity contribution in [3.05, 3.63) is 77.2 Å². The molecule has 0 saturated carbocycles. The average Bonchev–Trinajstić information content (AvgIpc) is 3.47. The summed E-state index contributed by atoms with van der Waals surface area (Å²) in [5.74, 6) is -1.04. The molecule has 1 amide bonds. The number of hydrogen-bond acceptors (Lipinski definition) is 5. The molecule has 39 heavy (non-hydrogen) atoms. The van der Waals surface area contributed by atoms with E-state index in [0.29, 0.717) is 23.2 Å². The fourth-order valence-electron chi connectivity index (χ4n) is 5.30. The molecule has 2 aliphatic rings. The Balaban J connectivity index is 1.22. The molecule has 2 saturated heterocycles. The molecule has 0 radical (unpaired) electrons. The summed E-state index contributed by atoms with van der Waals surface area (Å²) in [4.78, 5) is 21.7. The average molecular weight is 543 g/mol. The number of rotatable bonds is 6. The quantitative estimate of drug-likeness (QED) is 0.401. The number of piperidine rings is 1. The monoisotopic (exact) mass is 542 g/mol. The lowest BCUT2D eigenvalue weighted by Gasteiger charge is -2.36. The van der Waals surface area contributed by atoms with Crippen LogP contribution in [-0.2, 0) is 12.8 Å². The molecule has 0 spiro atoms. The number of likely N-dealkylation sites (tertiary alicyclic amines) is 2. The first-order chi connectivity index (χ1) is 18.7. The zero-order valence-corrected chi connectivity index (χ0v) is 21.4. The maximum Gasteiger partial charge on any atom is 0.419 e. The second kappa shape index (κ2) is 11.2. The van der Waals surface area contributed by atoms with E-state index in [1.54, 1.807) is 24.4 Å². The highest BCUT2D eigenvalue weighted by Crippen LogP contribution is 2.32. The van der Waals surface area contributed by atoms with E-state index in [0.717, 1.165) is 43.6 Å². The van der Waals surface area contributed by atoms with E-state index < -0.39 is 17.6 Å². The Morgan fingerprint density at radius 1 is 0.974 bits per heavy atom. The number of nitrogens with two attached hydrogens (primary N) is 1. The highest BCUT2D eigenvalue weighted by molar-refractivity contribution is 5.94. The van der Waals surface area contributed by atoms with Gasteiger partial charge in [0, 0.05) is 36.5 Å². The van der Waals surface area contributed by atoms with Gasteiger partial charge in [-0.05, 0) is 80.2 Å². The lowest BCUT2D eigenvalue weighted by molar-refractivity contribution is -0.140. The van der Waals surface area contributed by atoms with E-state index in [9.17, 15) is 22.4 Å². The van der Waals surface area contributed by atoms with Gasteiger partial charge in [0.05, 0.1) is 5.56 Å². The van der Waals surface area contributed by atoms with Gasteiger partial charge in [0.25, 0.3) is 5.91 Å². The van der Waals surface area contributed by atoms with E-state index in [1.165, 1.54) is 25.9 Å². The summed E-state index contributed by atoms with van der Waals surface area (Å²) in [6.45, 7) is 3.66. The molecule has 1 aromatic heterocycles. The van der Waals surface area contributed by atoms with Crippen LogP contribution in [0.15, 0.2) is 54.7 Å².